The van der Waals surface area contributed by atoms with Crippen LogP contribution in [0.15, 0.2) is 12.1 Å². The lowest BCUT2D eigenvalue weighted by atomic mass is 9.95. The van der Waals surface area contributed by atoms with Crippen molar-refractivity contribution in [3.8, 4) is 0 Å². The molecule has 0 radical (unpaired) electrons. The van der Waals surface area contributed by atoms with Gasteiger partial charge in [0.2, 0.25) is 5.92 Å². The van der Waals surface area contributed by atoms with Gasteiger partial charge in [0.15, 0.2) is 5.78 Å². The second-order valence-electron chi connectivity index (χ2n) is 5.29. The maximum Gasteiger partial charge on any atom is 0.407 e. The molecule has 0 aliphatic rings. The molecular weight excluding hydrogens is 306 g/mol. The highest BCUT2D eigenvalue weighted by atomic mass is 32.1. The van der Waals surface area contributed by atoms with E-state index < -0.39 is 34.3 Å². The lowest BCUT2D eigenvalue weighted by molar-refractivity contribution is -0.264. The first-order chi connectivity index (χ1) is 8.74. The number of alkyl halides is 6. The Hall–Kier alpha value is -1.05. The average molecular weight is 318 g/mol. The maximum atomic E-state index is 12.5. The van der Waals surface area contributed by atoms with Crippen molar-refractivity contribution in [1.29, 1.82) is 0 Å². The monoisotopic (exact) mass is 318 g/mol. The minimum Gasteiger partial charge on any atom is -0.292 e. The van der Waals surface area contributed by atoms with E-state index in [0.29, 0.717) is 16.2 Å². The molecule has 1 rings (SSSR count). The molecule has 20 heavy (non-hydrogen) atoms. The van der Waals surface area contributed by atoms with Gasteiger partial charge in [0.05, 0.1) is 4.88 Å². The third kappa shape index (κ3) is 3.74. The number of carbonyl (C=O) groups is 1. The number of ketones is 1. The van der Waals surface area contributed by atoms with Crippen LogP contribution in [-0.2, 0) is 5.41 Å². The zero-order valence-electron chi connectivity index (χ0n) is 10.8. The molecular formula is C12H12F6OS. The molecule has 8 heteroatoms. The van der Waals surface area contributed by atoms with Crippen molar-refractivity contribution in [1.82, 2.24) is 0 Å². The largest absolute Gasteiger partial charge is 0.407 e. The van der Waals surface area contributed by atoms with Gasteiger partial charge in [-0.05, 0) is 17.5 Å². The number of carbonyl (C=O) groups excluding carboxylic acids is 1. The predicted molar refractivity (Wildman–Crippen MR) is 62.9 cm³/mol. The first-order valence-corrected chi connectivity index (χ1v) is 6.34. The van der Waals surface area contributed by atoms with Crippen LogP contribution in [0.3, 0.4) is 0 Å². The van der Waals surface area contributed by atoms with Gasteiger partial charge in [0, 0.05) is 4.88 Å². The van der Waals surface area contributed by atoms with Crippen LogP contribution < -0.4 is 0 Å². The van der Waals surface area contributed by atoms with E-state index in [1.54, 1.807) is 20.8 Å². The van der Waals surface area contributed by atoms with Gasteiger partial charge >= 0.3 is 12.4 Å². The fourth-order valence-corrected chi connectivity index (χ4v) is 2.53. The summed E-state index contributed by atoms with van der Waals surface area (Å²) in [7, 11) is 0. The van der Waals surface area contributed by atoms with Crippen molar-refractivity contribution in [2.45, 2.75) is 38.5 Å². The number of Topliss-reactive ketones (excluding diaryl/α,β-unsaturated/α-hetero) is 1. The molecule has 1 aromatic rings. The van der Waals surface area contributed by atoms with Gasteiger partial charge in [0.1, 0.15) is 0 Å². The molecule has 0 aliphatic carbocycles. The Bertz CT molecular complexity index is 477. The topological polar surface area (TPSA) is 17.1 Å². The highest BCUT2D eigenvalue weighted by Gasteiger charge is 2.61. The van der Waals surface area contributed by atoms with Gasteiger partial charge in [-0.25, -0.2) is 0 Å². The molecule has 0 bridgehead atoms. The number of rotatable bonds is 2. The van der Waals surface area contributed by atoms with Crippen LogP contribution in [0.2, 0.25) is 0 Å². The minimum atomic E-state index is -5.65. The van der Waals surface area contributed by atoms with E-state index in [1.807, 2.05) is 0 Å². The third-order valence-corrected chi connectivity index (χ3v) is 4.03. The average Bonchev–Trinajstić information content (AvgIpc) is 2.59. The van der Waals surface area contributed by atoms with E-state index in [9.17, 15) is 31.1 Å². The molecule has 114 valence electrons. The summed E-state index contributed by atoms with van der Waals surface area (Å²) < 4.78 is 74.7. The molecule has 1 heterocycles. The van der Waals surface area contributed by atoms with E-state index in [-0.39, 0.29) is 0 Å². The number of halogens is 6. The van der Waals surface area contributed by atoms with E-state index in [4.69, 9.17) is 0 Å². The first-order valence-electron chi connectivity index (χ1n) is 5.52. The Labute approximate surface area is 115 Å². The van der Waals surface area contributed by atoms with Gasteiger partial charge in [-0.2, -0.15) is 26.3 Å². The molecule has 1 aromatic heterocycles. The van der Waals surface area contributed by atoms with E-state index in [1.165, 1.54) is 6.07 Å². The third-order valence-electron chi connectivity index (χ3n) is 2.50. The van der Waals surface area contributed by atoms with Crippen molar-refractivity contribution in [2.75, 3.05) is 0 Å². The fraction of sp³-hybridized carbons (Fsp3) is 0.583. The van der Waals surface area contributed by atoms with Crippen LogP contribution in [0.4, 0.5) is 26.3 Å². The SMILES string of the molecule is CC(C)(C)c1ccc(C(=O)C(C(F)(F)F)C(F)(F)F)s1. The quantitative estimate of drug-likeness (QED) is 0.556. The molecule has 1 nitrogen and oxygen atoms in total. The maximum absolute atomic E-state index is 12.5. The van der Waals surface area contributed by atoms with Crippen LogP contribution >= 0.6 is 11.3 Å². The molecule has 0 aliphatic heterocycles. The zero-order valence-corrected chi connectivity index (χ0v) is 11.6. The Kier molecular flexibility index (Phi) is 4.29. The lowest BCUT2D eigenvalue weighted by Gasteiger charge is -2.21. The molecule has 0 saturated heterocycles. The standard InChI is InChI=1S/C12H12F6OS/c1-10(2,3)7-5-4-6(20-7)8(19)9(11(13,14)15)12(16,17)18/h4-5,9H,1-3H3. The molecule has 0 N–H and O–H groups in total. The van der Waals surface area contributed by atoms with E-state index in [2.05, 4.69) is 0 Å². The van der Waals surface area contributed by atoms with Crippen molar-refractivity contribution in [3.63, 3.8) is 0 Å². The summed E-state index contributed by atoms with van der Waals surface area (Å²) in [6, 6.07) is 2.39. The van der Waals surface area contributed by atoms with Crippen molar-refractivity contribution < 1.29 is 31.1 Å². The van der Waals surface area contributed by atoms with E-state index >= 15 is 0 Å². The number of hydrogen-bond donors (Lipinski definition) is 0. The second-order valence-corrected chi connectivity index (χ2v) is 6.38. The Morgan fingerprint density at radius 2 is 1.45 bits per heavy atom. The summed E-state index contributed by atoms with van der Waals surface area (Å²) in [6.45, 7) is 5.24. The summed E-state index contributed by atoms with van der Waals surface area (Å²) in [5, 5.41) is 0. The van der Waals surface area contributed by atoms with Crippen LogP contribution in [0, 0.1) is 5.92 Å². The van der Waals surface area contributed by atoms with Crippen molar-refractivity contribution in [2.24, 2.45) is 5.92 Å². The summed E-state index contributed by atoms with van der Waals surface area (Å²) >= 11 is 0.659. The molecule has 0 unspecified atom stereocenters. The van der Waals surface area contributed by atoms with Crippen molar-refractivity contribution >= 4 is 17.1 Å². The highest BCUT2D eigenvalue weighted by Crippen LogP contribution is 2.42. The van der Waals surface area contributed by atoms with Gasteiger partial charge in [-0.1, -0.05) is 20.8 Å². The molecule has 0 spiro atoms. The molecule has 0 amide bonds. The van der Waals surface area contributed by atoms with Crippen LogP contribution in [0.5, 0.6) is 0 Å². The number of thiophene rings is 1. The minimum absolute atomic E-state index is 0.449. The van der Waals surface area contributed by atoms with Gasteiger partial charge in [-0.15, -0.1) is 11.3 Å². The van der Waals surface area contributed by atoms with Crippen LogP contribution in [-0.4, -0.2) is 18.1 Å². The Balaban J connectivity index is 3.18. The molecule has 0 fully saturated rings. The summed E-state index contributed by atoms with van der Waals surface area (Å²) in [5.41, 5.74) is -0.449. The number of hydrogen-bond acceptors (Lipinski definition) is 2. The van der Waals surface area contributed by atoms with Gasteiger partial charge in [-0.3, -0.25) is 4.79 Å². The van der Waals surface area contributed by atoms with Crippen molar-refractivity contribution in [3.05, 3.63) is 21.9 Å². The zero-order chi connectivity index (χ0) is 15.9. The summed E-state index contributed by atoms with van der Waals surface area (Å²) in [6.07, 6.45) is -11.3. The summed E-state index contributed by atoms with van der Waals surface area (Å²) in [5.74, 6) is -5.92. The predicted octanol–water partition coefficient (Wildman–Crippen LogP) is 4.97. The lowest BCUT2D eigenvalue weighted by Crippen LogP contribution is -2.42. The van der Waals surface area contributed by atoms with Crippen LogP contribution in [0.1, 0.15) is 35.3 Å². The smallest absolute Gasteiger partial charge is 0.292 e. The van der Waals surface area contributed by atoms with E-state index in [0.717, 1.165) is 6.07 Å². The fourth-order valence-electron chi connectivity index (χ4n) is 1.50. The van der Waals surface area contributed by atoms with Gasteiger partial charge in [0.25, 0.3) is 0 Å². The van der Waals surface area contributed by atoms with Crippen LogP contribution in [0.25, 0.3) is 0 Å². The second kappa shape index (κ2) is 5.05. The Morgan fingerprint density at radius 3 is 1.75 bits per heavy atom. The molecule has 0 aromatic carbocycles. The molecule has 0 saturated carbocycles. The Morgan fingerprint density at radius 1 is 1.00 bits per heavy atom. The molecule has 0 atom stereocenters. The summed E-state index contributed by atoms with van der Waals surface area (Å²) in [4.78, 5) is 11.6. The highest BCUT2D eigenvalue weighted by molar-refractivity contribution is 7.14. The normalized spacial score (nSPS) is 13.9. The first kappa shape index (κ1) is 17.0. The van der Waals surface area contributed by atoms with Gasteiger partial charge < -0.3 is 0 Å².